The van der Waals surface area contributed by atoms with Crippen molar-refractivity contribution >= 4 is 31.3 Å². The second-order valence-electron chi connectivity index (χ2n) is 3.09. The van der Waals surface area contributed by atoms with Crippen LogP contribution < -0.4 is 10.1 Å². The lowest BCUT2D eigenvalue weighted by Gasteiger charge is -2.09. The molecule has 0 atom stereocenters. The van der Waals surface area contributed by atoms with Gasteiger partial charge in [0.05, 0.1) is 7.11 Å². The van der Waals surface area contributed by atoms with E-state index in [9.17, 15) is 22.0 Å². The van der Waals surface area contributed by atoms with E-state index in [-0.39, 0.29) is 16.3 Å². The normalized spacial score (nSPS) is 11.4. The summed E-state index contributed by atoms with van der Waals surface area (Å²) in [4.78, 5) is 10.4. The van der Waals surface area contributed by atoms with Gasteiger partial charge in [-0.2, -0.15) is 8.78 Å². The zero-order valence-corrected chi connectivity index (χ0v) is 10.6. The third-order valence-corrected chi connectivity index (χ3v) is 3.25. The van der Waals surface area contributed by atoms with Crippen LogP contribution in [0.15, 0.2) is 23.1 Å². The van der Waals surface area contributed by atoms with Crippen LogP contribution in [0.3, 0.4) is 0 Å². The fourth-order valence-electron chi connectivity index (χ4n) is 1.14. The van der Waals surface area contributed by atoms with E-state index in [1.165, 1.54) is 7.11 Å². The van der Waals surface area contributed by atoms with Crippen LogP contribution in [0, 0.1) is 0 Å². The molecule has 18 heavy (non-hydrogen) atoms. The lowest BCUT2D eigenvalue weighted by atomic mass is 10.3. The van der Waals surface area contributed by atoms with Crippen LogP contribution in [0.2, 0.25) is 0 Å². The van der Waals surface area contributed by atoms with Gasteiger partial charge in [0.15, 0.2) is 0 Å². The summed E-state index contributed by atoms with van der Waals surface area (Å²) in [5.74, 6) is -1.66. The maximum atomic E-state index is 12.0. The lowest BCUT2D eigenvalue weighted by molar-refractivity contribution is -0.126. The molecule has 0 unspecified atom stereocenters. The predicted octanol–water partition coefficient (Wildman–Crippen LogP) is 1.83. The number of hydrogen-bond donors (Lipinski definition) is 1. The topological polar surface area (TPSA) is 72.5 Å². The number of rotatable bonds is 4. The summed E-state index contributed by atoms with van der Waals surface area (Å²) in [5.41, 5.74) is -0.0267. The van der Waals surface area contributed by atoms with Gasteiger partial charge in [-0.05, 0) is 12.1 Å². The van der Waals surface area contributed by atoms with Gasteiger partial charge < -0.3 is 10.1 Å². The van der Waals surface area contributed by atoms with Gasteiger partial charge in [-0.1, -0.05) is 0 Å². The first-order valence-corrected chi connectivity index (χ1v) is 6.78. The number of alkyl halides is 2. The van der Waals surface area contributed by atoms with Crippen LogP contribution in [-0.4, -0.2) is 27.9 Å². The Kier molecular flexibility index (Phi) is 4.47. The van der Waals surface area contributed by atoms with Crippen molar-refractivity contribution in [3.63, 3.8) is 0 Å². The highest BCUT2D eigenvalue weighted by molar-refractivity contribution is 8.13. The first-order valence-electron chi connectivity index (χ1n) is 4.47. The predicted molar refractivity (Wildman–Crippen MR) is 60.7 cm³/mol. The van der Waals surface area contributed by atoms with E-state index >= 15 is 0 Å². The van der Waals surface area contributed by atoms with E-state index in [0.29, 0.717) is 0 Å². The van der Waals surface area contributed by atoms with E-state index in [4.69, 9.17) is 15.4 Å². The third-order valence-electron chi connectivity index (χ3n) is 1.89. The van der Waals surface area contributed by atoms with Crippen molar-refractivity contribution in [1.29, 1.82) is 0 Å². The molecule has 0 aliphatic carbocycles. The molecule has 1 aromatic carbocycles. The molecule has 100 valence electrons. The van der Waals surface area contributed by atoms with Crippen molar-refractivity contribution in [2.45, 2.75) is 11.3 Å². The first kappa shape index (κ1) is 14.7. The summed E-state index contributed by atoms with van der Waals surface area (Å²) in [6.07, 6.45) is -3.17. The smallest absolute Gasteiger partial charge is 0.315 e. The van der Waals surface area contributed by atoms with Gasteiger partial charge in [0.2, 0.25) is 0 Å². The summed E-state index contributed by atoms with van der Waals surface area (Å²) < 4.78 is 51.0. The van der Waals surface area contributed by atoms with E-state index < -0.39 is 21.4 Å². The quantitative estimate of drug-likeness (QED) is 0.861. The van der Waals surface area contributed by atoms with Crippen molar-refractivity contribution in [2.75, 3.05) is 12.4 Å². The molecule has 1 rings (SSSR count). The molecule has 0 heterocycles. The second-order valence-corrected chi connectivity index (χ2v) is 5.63. The summed E-state index contributed by atoms with van der Waals surface area (Å²) in [5, 5.41) is 1.89. The monoisotopic (exact) mass is 299 g/mol. The summed E-state index contributed by atoms with van der Waals surface area (Å²) >= 11 is 0. The molecular formula is C9H8ClF2NO4S. The number of nitrogens with one attached hydrogen (secondary N) is 1. The number of benzene rings is 1. The SMILES string of the molecule is COc1cc(NC(=O)C(F)F)ccc1S(=O)(=O)Cl. The van der Waals surface area contributed by atoms with Crippen molar-refractivity contribution in [3.05, 3.63) is 18.2 Å². The van der Waals surface area contributed by atoms with Gasteiger partial charge in [-0.25, -0.2) is 8.42 Å². The number of carbonyl (C=O) groups excluding carboxylic acids is 1. The first-order chi connectivity index (χ1) is 8.25. The molecule has 0 spiro atoms. The van der Waals surface area contributed by atoms with Gasteiger partial charge in [0.1, 0.15) is 10.6 Å². The van der Waals surface area contributed by atoms with Crippen LogP contribution in [-0.2, 0) is 13.8 Å². The van der Waals surface area contributed by atoms with E-state index in [2.05, 4.69) is 0 Å². The Morgan fingerprint density at radius 3 is 2.50 bits per heavy atom. The van der Waals surface area contributed by atoms with Gasteiger partial charge in [0.25, 0.3) is 15.0 Å². The van der Waals surface area contributed by atoms with Crippen molar-refractivity contribution < 1.29 is 26.7 Å². The highest BCUT2D eigenvalue weighted by Crippen LogP contribution is 2.29. The lowest BCUT2D eigenvalue weighted by Crippen LogP contribution is -2.20. The molecule has 0 bridgehead atoms. The molecule has 5 nitrogen and oxygen atoms in total. The highest BCUT2D eigenvalue weighted by atomic mass is 35.7. The minimum Gasteiger partial charge on any atom is -0.495 e. The molecule has 0 aliphatic rings. The number of ether oxygens (including phenoxy) is 1. The Morgan fingerprint density at radius 2 is 2.06 bits per heavy atom. The maximum Gasteiger partial charge on any atom is 0.315 e. The third kappa shape index (κ3) is 3.54. The van der Waals surface area contributed by atoms with Crippen LogP contribution in [0.5, 0.6) is 5.75 Å². The molecule has 1 aromatic rings. The molecule has 0 radical (unpaired) electrons. The number of carbonyl (C=O) groups is 1. The Hall–Kier alpha value is -1.41. The maximum absolute atomic E-state index is 12.0. The van der Waals surface area contributed by atoms with E-state index in [1.807, 2.05) is 5.32 Å². The molecule has 1 N–H and O–H groups in total. The average Bonchev–Trinajstić information content (AvgIpc) is 2.27. The van der Waals surface area contributed by atoms with Gasteiger partial charge in [-0.3, -0.25) is 4.79 Å². The van der Waals surface area contributed by atoms with Crippen molar-refractivity contribution in [3.8, 4) is 5.75 Å². The second kappa shape index (κ2) is 5.49. The fraction of sp³-hybridized carbons (Fsp3) is 0.222. The number of hydrogen-bond acceptors (Lipinski definition) is 4. The minimum absolute atomic E-state index is 0.0267. The Labute approximate surface area is 106 Å². The van der Waals surface area contributed by atoms with Crippen LogP contribution in [0.1, 0.15) is 0 Å². The van der Waals surface area contributed by atoms with E-state index in [0.717, 1.165) is 18.2 Å². The van der Waals surface area contributed by atoms with Crippen LogP contribution >= 0.6 is 10.7 Å². The minimum atomic E-state index is -4.02. The van der Waals surface area contributed by atoms with E-state index in [1.54, 1.807) is 0 Å². The summed E-state index contributed by atoms with van der Waals surface area (Å²) in [7, 11) is 2.30. The molecular weight excluding hydrogens is 292 g/mol. The zero-order chi connectivity index (χ0) is 13.9. The Balaban J connectivity index is 3.11. The average molecular weight is 300 g/mol. The Morgan fingerprint density at radius 1 is 1.44 bits per heavy atom. The van der Waals surface area contributed by atoms with Gasteiger partial charge >= 0.3 is 6.43 Å². The molecule has 0 fully saturated rings. The van der Waals surface area contributed by atoms with Gasteiger partial charge in [0, 0.05) is 22.4 Å². The van der Waals surface area contributed by atoms with Crippen LogP contribution in [0.25, 0.3) is 0 Å². The molecule has 0 aliphatic heterocycles. The van der Waals surface area contributed by atoms with Crippen LogP contribution in [0.4, 0.5) is 14.5 Å². The molecule has 1 amide bonds. The molecule has 9 heteroatoms. The molecule has 0 aromatic heterocycles. The fourth-order valence-corrected chi connectivity index (χ4v) is 2.14. The van der Waals surface area contributed by atoms with Gasteiger partial charge in [-0.15, -0.1) is 0 Å². The highest BCUT2D eigenvalue weighted by Gasteiger charge is 2.19. The summed E-state index contributed by atoms with van der Waals surface area (Å²) in [6, 6.07) is 3.25. The van der Waals surface area contributed by atoms with Crippen molar-refractivity contribution in [1.82, 2.24) is 0 Å². The zero-order valence-electron chi connectivity index (χ0n) is 8.98. The number of methoxy groups -OCH3 is 1. The largest absolute Gasteiger partial charge is 0.495 e. The summed E-state index contributed by atoms with van der Waals surface area (Å²) in [6.45, 7) is 0. The standard InChI is InChI=1S/C9H8ClF2NO4S/c1-17-6-4-5(13-9(14)8(11)12)2-3-7(6)18(10,15)16/h2-4,8H,1H3,(H,13,14). The molecule has 0 saturated carbocycles. The number of amides is 1. The number of halogens is 3. The van der Waals surface area contributed by atoms with Crippen molar-refractivity contribution in [2.24, 2.45) is 0 Å². The Bertz CT molecular complexity index is 562. The molecule has 0 saturated heterocycles. The number of anilines is 1.